The first-order valence-corrected chi connectivity index (χ1v) is 5.59. The van der Waals surface area contributed by atoms with E-state index < -0.39 is 5.97 Å². The molecular formula is C11H19NO3. The van der Waals surface area contributed by atoms with Gasteiger partial charge in [0.2, 0.25) is 0 Å². The van der Waals surface area contributed by atoms with Crippen LogP contribution in [-0.2, 0) is 9.53 Å². The molecule has 86 valence electrons. The molecule has 2 atom stereocenters. The van der Waals surface area contributed by atoms with Crippen LogP contribution >= 0.6 is 0 Å². The van der Waals surface area contributed by atoms with Gasteiger partial charge in [0.1, 0.15) is 0 Å². The fourth-order valence-electron chi connectivity index (χ4n) is 3.36. The molecule has 0 spiro atoms. The van der Waals surface area contributed by atoms with Gasteiger partial charge < -0.3 is 9.84 Å². The molecular weight excluding hydrogens is 194 g/mol. The zero-order valence-electron chi connectivity index (χ0n) is 9.24. The summed E-state index contributed by atoms with van der Waals surface area (Å²) in [6.45, 7) is 2.81. The Kier molecular flexibility index (Phi) is 2.98. The SMILES string of the molecule is COC[C@@]12CCC[C@H]1CN(CC(=O)O)C2. The van der Waals surface area contributed by atoms with E-state index in [-0.39, 0.29) is 12.0 Å². The van der Waals surface area contributed by atoms with Crippen LogP contribution in [0, 0.1) is 11.3 Å². The summed E-state index contributed by atoms with van der Waals surface area (Å²) in [7, 11) is 1.74. The number of methoxy groups -OCH3 is 1. The van der Waals surface area contributed by atoms with Crippen LogP contribution in [0.15, 0.2) is 0 Å². The number of aliphatic carboxylic acids is 1. The van der Waals surface area contributed by atoms with Gasteiger partial charge in [-0.2, -0.15) is 0 Å². The standard InChI is InChI=1S/C11H19NO3/c1-15-8-11-4-2-3-9(11)5-12(7-11)6-10(13)14/h9H,2-8H2,1H3,(H,13,14)/t9-,11-/m0/s1. The van der Waals surface area contributed by atoms with Gasteiger partial charge in [0.15, 0.2) is 0 Å². The fourth-order valence-corrected chi connectivity index (χ4v) is 3.36. The molecule has 2 fully saturated rings. The summed E-state index contributed by atoms with van der Waals surface area (Å²) in [4.78, 5) is 12.7. The molecule has 1 N–H and O–H groups in total. The van der Waals surface area contributed by atoms with E-state index in [1.807, 2.05) is 0 Å². The molecule has 1 saturated heterocycles. The Morgan fingerprint density at radius 1 is 1.67 bits per heavy atom. The van der Waals surface area contributed by atoms with Crippen LogP contribution in [-0.4, -0.2) is 49.3 Å². The van der Waals surface area contributed by atoms with Crippen LogP contribution < -0.4 is 0 Å². The van der Waals surface area contributed by atoms with Crippen molar-refractivity contribution in [3.8, 4) is 0 Å². The van der Waals surface area contributed by atoms with Gasteiger partial charge in [-0.1, -0.05) is 6.42 Å². The number of carbonyl (C=O) groups is 1. The molecule has 4 nitrogen and oxygen atoms in total. The Bertz CT molecular complexity index is 256. The molecule has 1 saturated carbocycles. The van der Waals surface area contributed by atoms with E-state index in [1.54, 1.807) is 7.11 Å². The van der Waals surface area contributed by atoms with Gasteiger partial charge in [0.05, 0.1) is 13.2 Å². The van der Waals surface area contributed by atoms with Gasteiger partial charge >= 0.3 is 5.97 Å². The van der Waals surface area contributed by atoms with Crippen LogP contribution in [0.25, 0.3) is 0 Å². The number of likely N-dealkylation sites (tertiary alicyclic amines) is 1. The van der Waals surface area contributed by atoms with Crippen molar-refractivity contribution in [2.24, 2.45) is 11.3 Å². The lowest BCUT2D eigenvalue weighted by Gasteiger charge is -2.27. The van der Waals surface area contributed by atoms with Gasteiger partial charge in [-0.25, -0.2) is 0 Å². The molecule has 0 aromatic heterocycles. The number of nitrogens with zero attached hydrogens (tertiary/aromatic N) is 1. The molecule has 2 rings (SSSR count). The van der Waals surface area contributed by atoms with E-state index in [0.29, 0.717) is 5.92 Å². The summed E-state index contributed by atoms with van der Waals surface area (Å²) in [6.07, 6.45) is 3.70. The van der Waals surface area contributed by atoms with E-state index in [2.05, 4.69) is 4.90 Å². The Morgan fingerprint density at radius 3 is 3.13 bits per heavy atom. The Balaban J connectivity index is 2.00. The van der Waals surface area contributed by atoms with Crippen LogP contribution in [0.3, 0.4) is 0 Å². The van der Waals surface area contributed by atoms with Crippen molar-refractivity contribution >= 4 is 5.97 Å². The van der Waals surface area contributed by atoms with E-state index in [4.69, 9.17) is 9.84 Å². The van der Waals surface area contributed by atoms with Crippen molar-refractivity contribution in [2.45, 2.75) is 19.3 Å². The van der Waals surface area contributed by atoms with Gasteiger partial charge in [-0.15, -0.1) is 0 Å². The lowest BCUT2D eigenvalue weighted by molar-refractivity contribution is -0.138. The first-order chi connectivity index (χ1) is 7.16. The second kappa shape index (κ2) is 4.10. The topological polar surface area (TPSA) is 49.8 Å². The maximum Gasteiger partial charge on any atom is 0.317 e. The molecule has 15 heavy (non-hydrogen) atoms. The lowest BCUT2D eigenvalue weighted by atomic mass is 9.82. The molecule has 2 aliphatic rings. The minimum Gasteiger partial charge on any atom is -0.480 e. The van der Waals surface area contributed by atoms with Gasteiger partial charge in [0.25, 0.3) is 0 Å². The molecule has 0 radical (unpaired) electrons. The first-order valence-electron chi connectivity index (χ1n) is 5.59. The number of hydrogen-bond acceptors (Lipinski definition) is 3. The number of carboxylic acid groups (broad SMARTS) is 1. The van der Waals surface area contributed by atoms with Crippen molar-refractivity contribution in [3.63, 3.8) is 0 Å². The summed E-state index contributed by atoms with van der Waals surface area (Å²) >= 11 is 0. The molecule has 4 heteroatoms. The van der Waals surface area contributed by atoms with Crippen molar-refractivity contribution in [1.82, 2.24) is 4.90 Å². The fraction of sp³-hybridized carbons (Fsp3) is 0.909. The Labute approximate surface area is 90.2 Å². The van der Waals surface area contributed by atoms with E-state index in [0.717, 1.165) is 19.7 Å². The van der Waals surface area contributed by atoms with Gasteiger partial charge in [0, 0.05) is 25.6 Å². The largest absolute Gasteiger partial charge is 0.480 e. The summed E-state index contributed by atoms with van der Waals surface area (Å²) in [5.74, 6) is -0.0701. The highest BCUT2D eigenvalue weighted by Gasteiger charge is 2.49. The summed E-state index contributed by atoms with van der Waals surface area (Å²) < 4.78 is 5.31. The first kappa shape index (κ1) is 10.9. The van der Waals surface area contributed by atoms with Crippen molar-refractivity contribution in [2.75, 3.05) is 33.4 Å². The minimum absolute atomic E-state index is 0.183. The highest BCUT2D eigenvalue weighted by atomic mass is 16.5. The third-order valence-corrected chi connectivity index (χ3v) is 3.90. The predicted octanol–water partition coefficient (Wildman–Crippen LogP) is 0.820. The zero-order valence-corrected chi connectivity index (χ0v) is 9.24. The van der Waals surface area contributed by atoms with E-state index in [1.165, 1.54) is 19.3 Å². The summed E-state index contributed by atoms with van der Waals surface area (Å²) in [5, 5.41) is 8.78. The molecule has 0 unspecified atom stereocenters. The Hall–Kier alpha value is -0.610. The highest BCUT2D eigenvalue weighted by Crippen LogP contribution is 2.48. The average Bonchev–Trinajstić information content (AvgIpc) is 2.59. The zero-order chi connectivity index (χ0) is 10.9. The maximum atomic E-state index is 10.7. The monoisotopic (exact) mass is 213 g/mol. The molecule has 1 heterocycles. The van der Waals surface area contributed by atoms with Crippen LogP contribution in [0.5, 0.6) is 0 Å². The molecule has 1 aliphatic heterocycles. The van der Waals surface area contributed by atoms with Crippen LogP contribution in [0.4, 0.5) is 0 Å². The smallest absolute Gasteiger partial charge is 0.317 e. The molecule has 0 amide bonds. The minimum atomic E-state index is -0.720. The second-order valence-electron chi connectivity index (χ2n) is 4.95. The normalized spacial score (nSPS) is 35.7. The number of fused-ring (bicyclic) bond motifs is 1. The molecule has 1 aliphatic carbocycles. The highest BCUT2D eigenvalue weighted by molar-refractivity contribution is 5.69. The summed E-state index contributed by atoms with van der Waals surface area (Å²) in [6, 6.07) is 0. The van der Waals surface area contributed by atoms with Gasteiger partial charge in [-0.3, -0.25) is 9.69 Å². The average molecular weight is 213 g/mol. The molecule has 0 aromatic rings. The lowest BCUT2D eigenvalue weighted by Crippen LogP contribution is -2.33. The molecule has 0 aromatic carbocycles. The predicted molar refractivity (Wildman–Crippen MR) is 55.7 cm³/mol. The number of carboxylic acids is 1. The second-order valence-corrected chi connectivity index (χ2v) is 4.95. The maximum absolute atomic E-state index is 10.7. The Morgan fingerprint density at radius 2 is 2.47 bits per heavy atom. The quantitative estimate of drug-likeness (QED) is 0.751. The number of rotatable bonds is 4. The van der Waals surface area contributed by atoms with E-state index in [9.17, 15) is 4.79 Å². The van der Waals surface area contributed by atoms with Crippen LogP contribution in [0.1, 0.15) is 19.3 Å². The van der Waals surface area contributed by atoms with Crippen molar-refractivity contribution in [3.05, 3.63) is 0 Å². The third-order valence-electron chi connectivity index (χ3n) is 3.90. The summed E-state index contributed by atoms with van der Waals surface area (Å²) in [5.41, 5.74) is 0.254. The van der Waals surface area contributed by atoms with Gasteiger partial charge in [-0.05, 0) is 18.8 Å². The van der Waals surface area contributed by atoms with Crippen LogP contribution in [0.2, 0.25) is 0 Å². The third kappa shape index (κ3) is 2.01. The van der Waals surface area contributed by atoms with Crippen molar-refractivity contribution < 1.29 is 14.6 Å². The number of hydrogen-bond donors (Lipinski definition) is 1. The molecule has 0 bridgehead atoms. The van der Waals surface area contributed by atoms with Crippen molar-refractivity contribution in [1.29, 1.82) is 0 Å². The number of ether oxygens (including phenoxy) is 1. The van der Waals surface area contributed by atoms with E-state index >= 15 is 0 Å².